The van der Waals surface area contributed by atoms with Gasteiger partial charge in [0.25, 0.3) is 0 Å². The Kier molecular flexibility index (Phi) is 5.06. The number of nitrogens with one attached hydrogen (secondary N) is 1. The zero-order valence-electron chi connectivity index (χ0n) is 14.5. The van der Waals surface area contributed by atoms with Gasteiger partial charge in [-0.3, -0.25) is 14.5 Å². The fourth-order valence-corrected chi connectivity index (χ4v) is 4.26. The first-order valence-electron chi connectivity index (χ1n) is 8.91. The van der Waals surface area contributed by atoms with Crippen molar-refractivity contribution in [3.05, 3.63) is 28.2 Å². The Morgan fingerprint density at radius 2 is 1.63 bits per heavy atom. The van der Waals surface area contributed by atoms with Crippen LogP contribution in [0.5, 0.6) is 0 Å². The van der Waals surface area contributed by atoms with Gasteiger partial charge in [0.2, 0.25) is 17.6 Å². The molecule has 142 valence electrons. The summed E-state index contributed by atoms with van der Waals surface area (Å²) in [7, 11) is 0. The molecule has 1 aliphatic carbocycles. The van der Waals surface area contributed by atoms with Crippen molar-refractivity contribution in [2.45, 2.75) is 50.6 Å². The number of anilines is 1. The van der Waals surface area contributed by atoms with Crippen LogP contribution in [0.2, 0.25) is 10.0 Å². The van der Waals surface area contributed by atoms with Crippen LogP contribution in [0.1, 0.15) is 38.5 Å². The summed E-state index contributed by atoms with van der Waals surface area (Å²) in [6, 6.07) is 5.58. The van der Waals surface area contributed by atoms with Gasteiger partial charge in [-0.1, -0.05) is 28.4 Å². The van der Waals surface area contributed by atoms with Gasteiger partial charge in [0, 0.05) is 40.5 Å². The van der Waals surface area contributed by atoms with Gasteiger partial charge in [-0.15, -0.1) is 0 Å². The van der Waals surface area contributed by atoms with Gasteiger partial charge in [0.1, 0.15) is 0 Å². The smallest absolute Gasteiger partial charge is 0.322 e. The fraction of sp³-hybridized carbons (Fsp3) is 0.444. The van der Waals surface area contributed by atoms with Crippen molar-refractivity contribution in [3.8, 4) is 11.4 Å². The lowest BCUT2D eigenvalue weighted by molar-refractivity contribution is -0.141. The molecule has 27 heavy (non-hydrogen) atoms. The Morgan fingerprint density at radius 3 is 2.26 bits per heavy atom. The van der Waals surface area contributed by atoms with Gasteiger partial charge in [-0.2, -0.15) is 4.98 Å². The Hall–Kier alpha value is -2.12. The Labute approximate surface area is 166 Å². The predicted molar refractivity (Wildman–Crippen MR) is 101 cm³/mol. The third kappa shape index (κ3) is 3.94. The van der Waals surface area contributed by atoms with Gasteiger partial charge in [-0.05, 0) is 43.9 Å². The number of hydrogen-bond donors (Lipinski definition) is 1. The highest BCUT2D eigenvalue weighted by atomic mass is 35.5. The normalized spacial score (nSPS) is 23.1. The highest BCUT2D eigenvalue weighted by Gasteiger charge is 2.37. The maximum Gasteiger partial charge on any atom is 0.322 e. The second-order valence-corrected chi connectivity index (χ2v) is 7.76. The molecule has 4 rings (SSSR count). The molecule has 1 aliphatic heterocycles. The summed E-state index contributed by atoms with van der Waals surface area (Å²) in [6.45, 7) is 0. The van der Waals surface area contributed by atoms with E-state index in [9.17, 15) is 9.59 Å². The standard InChI is InChI=1S/C18H18Cl2N4O3/c19-11-7-10(8-12(20)9-11)17-22-18(27-23-17)21-13-1-3-14(4-2-13)24-15(25)5-6-16(24)26/h7-9,13-14H,1-6H2,(H,21,22,23). The summed E-state index contributed by atoms with van der Waals surface area (Å²) in [4.78, 5) is 29.6. The SMILES string of the molecule is O=C1CCC(=O)N1C1CCC(Nc2nc(-c3cc(Cl)cc(Cl)c3)no2)CC1. The molecule has 0 unspecified atom stereocenters. The monoisotopic (exact) mass is 408 g/mol. The van der Waals surface area contributed by atoms with Crippen LogP contribution in [0.4, 0.5) is 6.01 Å². The minimum Gasteiger partial charge on any atom is -0.335 e. The first kappa shape index (κ1) is 18.3. The van der Waals surface area contributed by atoms with Crippen LogP contribution in [-0.4, -0.2) is 38.9 Å². The van der Waals surface area contributed by atoms with Crippen molar-refractivity contribution < 1.29 is 14.1 Å². The van der Waals surface area contributed by atoms with E-state index in [1.807, 2.05) is 0 Å². The number of hydrogen-bond acceptors (Lipinski definition) is 6. The number of amides is 2. The van der Waals surface area contributed by atoms with E-state index in [1.54, 1.807) is 18.2 Å². The van der Waals surface area contributed by atoms with E-state index in [0.717, 1.165) is 25.7 Å². The summed E-state index contributed by atoms with van der Waals surface area (Å²) < 4.78 is 5.29. The maximum atomic E-state index is 11.9. The third-order valence-corrected chi connectivity index (χ3v) is 5.46. The van der Waals surface area contributed by atoms with E-state index < -0.39 is 0 Å². The lowest BCUT2D eigenvalue weighted by Gasteiger charge is -2.33. The number of benzene rings is 1. The quantitative estimate of drug-likeness (QED) is 0.771. The van der Waals surface area contributed by atoms with E-state index in [0.29, 0.717) is 40.3 Å². The van der Waals surface area contributed by atoms with Gasteiger partial charge in [0.05, 0.1) is 0 Å². The van der Waals surface area contributed by atoms with Crippen LogP contribution in [0, 0.1) is 0 Å². The molecule has 0 atom stereocenters. The Balaban J connectivity index is 1.36. The number of nitrogens with zero attached hydrogens (tertiary/aromatic N) is 3. The highest BCUT2D eigenvalue weighted by molar-refractivity contribution is 6.35. The minimum absolute atomic E-state index is 0.0115. The zero-order chi connectivity index (χ0) is 19.0. The first-order valence-corrected chi connectivity index (χ1v) is 9.67. The number of rotatable bonds is 4. The number of aromatic nitrogens is 2. The molecule has 2 aromatic rings. The second kappa shape index (κ2) is 7.48. The van der Waals surface area contributed by atoms with Crippen molar-refractivity contribution in [1.29, 1.82) is 0 Å². The molecule has 0 radical (unpaired) electrons. The molecule has 2 fully saturated rings. The molecule has 0 bridgehead atoms. The molecular weight excluding hydrogens is 391 g/mol. The van der Waals surface area contributed by atoms with Crippen LogP contribution >= 0.6 is 23.2 Å². The van der Waals surface area contributed by atoms with Crippen LogP contribution in [-0.2, 0) is 9.59 Å². The van der Waals surface area contributed by atoms with E-state index in [1.165, 1.54) is 4.90 Å². The number of likely N-dealkylation sites (tertiary alicyclic amines) is 1. The fourth-order valence-electron chi connectivity index (χ4n) is 3.74. The van der Waals surface area contributed by atoms with Crippen molar-refractivity contribution in [1.82, 2.24) is 15.0 Å². The molecule has 2 aliphatic rings. The number of halogens is 2. The Morgan fingerprint density at radius 1 is 1.00 bits per heavy atom. The Bertz CT molecular complexity index is 841. The van der Waals surface area contributed by atoms with E-state index in [4.69, 9.17) is 27.7 Å². The van der Waals surface area contributed by atoms with Gasteiger partial charge >= 0.3 is 6.01 Å². The van der Waals surface area contributed by atoms with Gasteiger partial charge in [0.15, 0.2) is 0 Å². The average Bonchev–Trinajstić information content (AvgIpc) is 3.22. The van der Waals surface area contributed by atoms with Crippen molar-refractivity contribution in [3.63, 3.8) is 0 Å². The van der Waals surface area contributed by atoms with Crippen LogP contribution in [0.15, 0.2) is 22.7 Å². The average molecular weight is 409 g/mol. The van der Waals surface area contributed by atoms with Crippen molar-refractivity contribution in [2.24, 2.45) is 0 Å². The summed E-state index contributed by atoms with van der Waals surface area (Å²) in [5.74, 6) is 0.320. The molecule has 2 heterocycles. The molecule has 9 heteroatoms. The largest absolute Gasteiger partial charge is 0.335 e. The highest BCUT2D eigenvalue weighted by Crippen LogP contribution is 2.30. The minimum atomic E-state index is -0.0434. The van der Waals surface area contributed by atoms with Gasteiger partial charge in [-0.25, -0.2) is 0 Å². The molecule has 1 saturated heterocycles. The van der Waals surface area contributed by atoms with E-state index in [2.05, 4.69) is 15.5 Å². The summed E-state index contributed by atoms with van der Waals surface area (Å²) in [5.41, 5.74) is 0.680. The van der Waals surface area contributed by atoms with Crippen LogP contribution in [0.3, 0.4) is 0 Å². The van der Waals surface area contributed by atoms with Crippen molar-refractivity contribution in [2.75, 3.05) is 5.32 Å². The summed E-state index contributed by atoms with van der Waals surface area (Å²) >= 11 is 12.0. The molecule has 7 nitrogen and oxygen atoms in total. The second-order valence-electron chi connectivity index (χ2n) is 6.89. The molecule has 0 spiro atoms. The number of carbonyl (C=O) groups is 2. The third-order valence-electron chi connectivity index (χ3n) is 5.03. The zero-order valence-corrected chi connectivity index (χ0v) is 16.0. The lowest BCUT2D eigenvalue weighted by Crippen LogP contribution is -2.43. The lowest BCUT2D eigenvalue weighted by atomic mass is 9.90. The molecule has 1 aromatic heterocycles. The van der Waals surface area contributed by atoms with Crippen molar-refractivity contribution >= 4 is 41.0 Å². The first-order chi connectivity index (χ1) is 13.0. The van der Waals surface area contributed by atoms with Crippen LogP contribution in [0.25, 0.3) is 11.4 Å². The van der Waals surface area contributed by atoms with Gasteiger partial charge < -0.3 is 9.84 Å². The van der Waals surface area contributed by atoms with E-state index >= 15 is 0 Å². The molecular formula is C18H18Cl2N4O3. The molecule has 1 saturated carbocycles. The number of carbonyl (C=O) groups excluding carboxylic acids is 2. The molecule has 1 N–H and O–H groups in total. The predicted octanol–water partition coefficient (Wildman–Crippen LogP) is 3.92. The topological polar surface area (TPSA) is 88.3 Å². The molecule has 1 aromatic carbocycles. The molecule has 2 amide bonds. The van der Waals surface area contributed by atoms with E-state index in [-0.39, 0.29) is 23.9 Å². The van der Waals surface area contributed by atoms with Crippen LogP contribution < -0.4 is 5.32 Å². The number of imide groups is 1. The summed E-state index contributed by atoms with van der Waals surface area (Å²) in [6.07, 6.45) is 3.88. The maximum absolute atomic E-state index is 11.9. The summed E-state index contributed by atoms with van der Waals surface area (Å²) in [5, 5.41) is 8.21.